The van der Waals surface area contributed by atoms with Crippen LogP contribution in [-0.2, 0) is 11.8 Å². The Kier molecular flexibility index (Phi) is 3.56. The largest absolute Gasteiger partial charge is 0.480 e. The van der Waals surface area contributed by atoms with Crippen LogP contribution in [0.2, 0.25) is 0 Å². The molecule has 0 saturated heterocycles. The summed E-state index contributed by atoms with van der Waals surface area (Å²) in [5.74, 6) is -1.21. The zero-order valence-corrected chi connectivity index (χ0v) is 10.9. The molecule has 0 saturated carbocycles. The highest BCUT2D eigenvalue weighted by atomic mass is 32.2. The van der Waals surface area contributed by atoms with Gasteiger partial charge in [-0.15, -0.1) is 0 Å². The van der Waals surface area contributed by atoms with Crippen LogP contribution in [0.5, 0.6) is 0 Å². The van der Waals surface area contributed by atoms with Crippen molar-refractivity contribution < 1.29 is 14.3 Å². The first kappa shape index (κ1) is 12.9. The summed E-state index contributed by atoms with van der Waals surface area (Å²) < 4.78 is 14.9. The van der Waals surface area contributed by atoms with E-state index < -0.39 is 11.2 Å². The fourth-order valence-corrected chi connectivity index (χ4v) is 2.62. The van der Waals surface area contributed by atoms with Crippen molar-refractivity contribution in [3.8, 4) is 0 Å². The predicted octanol–water partition coefficient (Wildman–Crippen LogP) is 2.67. The summed E-state index contributed by atoms with van der Waals surface area (Å²) in [5.41, 5.74) is 1.33. The third-order valence-electron chi connectivity index (χ3n) is 2.70. The Balaban J connectivity index is 2.39. The van der Waals surface area contributed by atoms with Crippen molar-refractivity contribution in [3.63, 3.8) is 0 Å². The second-order valence-corrected chi connectivity index (χ2v) is 5.11. The minimum absolute atomic E-state index is 0.345. The van der Waals surface area contributed by atoms with Crippen molar-refractivity contribution >= 4 is 28.8 Å². The average molecular weight is 268 g/mol. The Bertz CT molecular complexity index is 597. The molecule has 0 aliphatic heterocycles. The van der Waals surface area contributed by atoms with Crippen LogP contribution in [0.4, 0.5) is 4.39 Å². The van der Waals surface area contributed by atoms with Gasteiger partial charge in [-0.3, -0.25) is 4.79 Å². The Morgan fingerprint density at radius 2 is 2.33 bits per heavy atom. The number of hydrogen-bond donors (Lipinski definition) is 1. The van der Waals surface area contributed by atoms with Crippen molar-refractivity contribution in [2.75, 3.05) is 0 Å². The van der Waals surface area contributed by atoms with E-state index in [-0.39, 0.29) is 5.82 Å². The number of fused-ring (bicyclic) bond motifs is 1. The minimum Gasteiger partial charge on any atom is -0.480 e. The molecule has 4 nitrogen and oxygen atoms in total. The molecule has 0 bridgehead atoms. The van der Waals surface area contributed by atoms with Crippen molar-refractivity contribution in [2.45, 2.75) is 23.8 Å². The molecule has 1 atom stereocenters. The van der Waals surface area contributed by atoms with Crippen molar-refractivity contribution in [1.82, 2.24) is 9.55 Å². The first-order valence-corrected chi connectivity index (χ1v) is 6.42. The minimum atomic E-state index is -0.860. The first-order valence-electron chi connectivity index (χ1n) is 5.54. The zero-order valence-electron chi connectivity index (χ0n) is 10.1. The summed E-state index contributed by atoms with van der Waals surface area (Å²) in [6, 6.07) is 4.36. The van der Waals surface area contributed by atoms with Crippen LogP contribution in [0.15, 0.2) is 23.4 Å². The molecule has 0 spiro atoms. The van der Waals surface area contributed by atoms with Crippen LogP contribution in [0.1, 0.15) is 13.3 Å². The standard InChI is InChI=1S/C12H13FN2O2S/c1-3-10(11(16)17)18-12-14-8-6-7(13)4-5-9(8)15(12)2/h4-6,10H,3H2,1-2H3,(H,16,17). The van der Waals surface area contributed by atoms with Crippen LogP contribution in [0, 0.1) is 5.82 Å². The van der Waals surface area contributed by atoms with Crippen molar-refractivity contribution in [2.24, 2.45) is 7.05 Å². The van der Waals surface area contributed by atoms with Crippen LogP contribution in [-0.4, -0.2) is 25.9 Å². The Morgan fingerprint density at radius 1 is 1.61 bits per heavy atom. The summed E-state index contributed by atoms with van der Waals surface area (Å²) >= 11 is 1.18. The number of hydrogen-bond acceptors (Lipinski definition) is 3. The van der Waals surface area contributed by atoms with Gasteiger partial charge < -0.3 is 9.67 Å². The molecule has 0 radical (unpaired) electrons. The number of carboxylic acid groups (broad SMARTS) is 1. The predicted molar refractivity (Wildman–Crippen MR) is 68.2 cm³/mol. The van der Waals surface area contributed by atoms with E-state index in [2.05, 4.69) is 4.98 Å². The summed E-state index contributed by atoms with van der Waals surface area (Å²) in [7, 11) is 1.80. The highest BCUT2D eigenvalue weighted by molar-refractivity contribution is 8.00. The van der Waals surface area contributed by atoms with E-state index in [1.807, 2.05) is 6.92 Å². The lowest BCUT2D eigenvalue weighted by molar-refractivity contribution is -0.136. The maximum Gasteiger partial charge on any atom is 0.317 e. The number of rotatable bonds is 4. The Morgan fingerprint density at radius 3 is 2.94 bits per heavy atom. The second kappa shape index (κ2) is 4.97. The summed E-state index contributed by atoms with van der Waals surface area (Å²) in [6.45, 7) is 1.81. The smallest absolute Gasteiger partial charge is 0.317 e. The van der Waals surface area contributed by atoms with Gasteiger partial charge in [0.2, 0.25) is 0 Å². The highest BCUT2D eigenvalue weighted by Crippen LogP contribution is 2.28. The molecule has 2 aromatic rings. The molecule has 1 N–H and O–H groups in total. The summed E-state index contributed by atoms with van der Waals surface area (Å²) in [6.07, 6.45) is 0.511. The van der Waals surface area contributed by atoms with E-state index >= 15 is 0 Å². The number of aliphatic carboxylic acids is 1. The van der Waals surface area contributed by atoms with Gasteiger partial charge in [0, 0.05) is 13.1 Å². The lowest BCUT2D eigenvalue weighted by Crippen LogP contribution is -2.15. The molecule has 1 aromatic carbocycles. The molecule has 1 heterocycles. The van der Waals surface area contributed by atoms with Crippen LogP contribution < -0.4 is 0 Å². The number of carbonyl (C=O) groups is 1. The van der Waals surface area contributed by atoms with Gasteiger partial charge >= 0.3 is 5.97 Å². The number of imidazole rings is 1. The van der Waals surface area contributed by atoms with Gasteiger partial charge in [0.25, 0.3) is 0 Å². The van der Waals surface area contributed by atoms with Gasteiger partial charge in [0.1, 0.15) is 11.1 Å². The molecule has 0 fully saturated rings. The van der Waals surface area contributed by atoms with Gasteiger partial charge in [0.05, 0.1) is 11.0 Å². The topological polar surface area (TPSA) is 55.1 Å². The maximum atomic E-state index is 13.1. The molecule has 0 amide bonds. The lowest BCUT2D eigenvalue weighted by atomic mass is 10.3. The molecule has 0 aliphatic rings. The normalized spacial score (nSPS) is 12.8. The maximum absolute atomic E-state index is 13.1. The fraction of sp³-hybridized carbons (Fsp3) is 0.333. The van der Waals surface area contributed by atoms with E-state index in [1.54, 1.807) is 17.7 Å². The number of carboxylic acids is 1. The molecule has 18 heavy (non-hydrogen) atoms. The zero-order chi connectivity index (χ0) is 13.3. The second-order valence-electron chi connectivity index (χ2n) is 3.94. The Hall–Kier alpha value is -1.56. The molecule has 1 aromatic heterocycles. The number of aryl methyl sites for hydroxylation is 1. The van der Waals surface area contributed by atoms with E-state index in [4.69, 9.17) is 5.11 Å². The average Bonchev–Trinajstić information content (AvgIpc) is 2.62. The first-order chi connectivity index (χ1) is 8.52. The van der Waals surface area contributed by atoms with E-state index in [1.165, 1.54) is 23.9 Å². The Labute approximate surface area is 108 Å². The molecular formula is C12H13FN2O2S. The van der Waals surface area contributed by atoms with E-state index in [0.29, 0.717) is 17.1 Å². The number of aromatic nitrogens is 2. The van der Waals surface area contributed by atoms with Gasteiger partial charge in [-0.2, -0.15) is 0 Å². The molecular weight excluding hydrogens is 255 g/mol. The third kappa shape index (κ3) is 2.33. The number of halogens is 1. The quantitative estimate of drug-likeness (QED) is 0.866. The van der Waals surface area contributed by atoms with Gasteiger partial charge in [-0.25, -0.2) is 9.37 Å². The monoisotopic (exact) mass is 268 g/mol. The number of thioether (sulfide) groups is 1. The van der Waals surface area contributed by atoms with E-state index in [0.717, 1.165) is 5.52 Å². The fourth-order valence-electron chi connectivity index (χ4n) is 1.69. The third-order valence-corrected chi connectivity index (χ3v) is 4.09. The van der Waals surface area contributed by atoms with Gasteiger partial charge in [0.15, 0.2) is 5.16 Å². The van der Waals surface area contributed by atoms with Crippen LogP contribution >= 0.6 is 11.8 Å². The lowest BCUT2D eigenvalue weighted by Gasteiger charge is -2.08. The number of nitrogens with zero attached hydrogens (tertiary/aromatic N) is 2. The van der Waals surface area contributed by atoms with Gasteiger partial charge in [-0.1, -0.05) is 18.7 Å². The van der Waals surface area contributed by atoms with Crippen molar-refractivity contribution in [1.29, 1.82) is 0 Å². The highest BCUT2D eigenvalue weighted by Gasteiger charge is 2.20. The van der Waals surface area contributed by atoms with Gasteiger partial charge in [-0.05, 0) is 18.6 Å². The summed E-state index contributed by atoms with van der Waals surface area (Å²) in [5, 5.41) is 9.08. The summed E-state index contributed by atoms with van der Waals surface area (Å²) in [4.78, 5) is 15.3. The molecule has 6 heteroatoms. The molecule has 2 rings (SSSR count). The molecule has 96 valence electrons. The molecule has 0 aliphatic carbocycles. The van der Waals surface area contributed by atoms with E-state index in [9.17, 15) is 9.18 Å². The van der Waals surface area contributed by atoms with Crippen LogP contribution in [0.3, 0.4) is 0 Å². The molecule has 1 unspecified atom stereocenters. The van der Waals surface area contributed by atoms with Crippen LogP contribution in [0.25, 0.3) is 11.0 Å². The number of benzene rings is 1. The SMILES string of the molecule is CCC(Sc1nc2cc(F)ccc2n1C)C(=O)O. The van der Waals surface area contributed by atoms with Crippen molar-refractivity contribution in [3.05, 3.63) is 24.0 Å².